The summed E-state index contributed by atoms with van der Waals surface area (Å²) in [5.41, 5.74) is 1.86. The smallest absolute Gasteiger partial charge is 0.279 e. The van der Waals surface area contributed by atoms with Crippen molar-refractivity contribution in [2.45, 2.75) is 52.5 Å². The molecule has 1 saturated carbocycles. The molecule has 3 rings (SSSR count). The Labute approximate surface area is 152 Å². The van der Waals surface area contributed by atoms with E-state index in [0.29, 0.717) is 10.6 Å². The highest BCUT2D eigenvalue weighted by atomic mass is 35.5. The molecule has 1 aliphatic carbocycles. The lowest BCUT2D eigenvalue weighted by molar-refractivity contribution is 0.0997. The molecule has 1 fully saturated rings. The van der Waals surface area contributed by atoms with Crippen molar-refractivity contribution in [3.8, 4) is 0 Å². The van der Waals surface area contributed by atoms with Crippen LogP contribution in [0.3, 0.4) is 0 Å². The van der Waals surface area contributed by atoms with Gasteiger partial charge in [0.15, 0.2) is 4.80 Å². The molecule has 1 aromatic carbocycles. The first-order valence-electron chi connectivity index (χ1n) is 8.31. The number of hydrogen-bond donors (Lipinski definition) is 0. The summed E-state index contributed by atoms with van der Waals surface area (Å²) in [6.45, 7) is 9.73. The number of hydrogen-bond acceptors (Lipinski definition) is 2. The van der Waals surface area contributed by atoms with Crippen molar-refractivity contribution in [3.63, 3.8) is 0 Å². The van der Waals surface area contributed by atoms with Crippen molar-refractivity contribution in [1.29, 1.82) is 0 Å². The second-order valence-electron chi connectivity index (χ2n) is 7.53. The van der Waals surface area contributed by atoms with Crippen LogP contribution in [0.15, 0.2) is 29.3 Å². The highest BCUT2D eigenvalue weighted by molar-refractivity contribution is 7.09. The monoisotopic (exact) mass is 362 g/mol. The summed E-state index contributed by atoms with van der Waals surface area (Å²) in [7, 11) is 0. The predicted molar refractivity (Wildman–Crippen MR) is 99.8 cm³/mol. The van der Waals surface area contributed by atoms with Gasteiger partial charge in [-0.05, 0) is 55.4 Å². The van der Waals surface area contributed by atoms with Gasteiger partial charge in [0.25, 0.3) is 5.91 Å². The van der Waals surface area contributed by atoms with Gasteiger partial charge in [-0.3, -0.25) is 4.79 Å². The first-order chi connectivity index (χ1) is 11.3. The summed E-state index contributed by atoms with van der Waals surface area (Å²) in [5.74, 6) is 0.522. The summed E-state index contributed by atoms with van der Waals surface area (Å²) in [4.78, 5) is 19.1. The number of benzene rings is 1. The zero-order valence-corrected chi connectivity index (χ0v) is 16.2. The van der Waals surface area contributed by atoms with Gasteiger partial charge in [-0.15, -0.1) is 11.3 Å². The maximum absolute atomic E-state index is 12.5. The van der Waals surface area contributed by atoms with Gasteiger partial charge in [0.05, 0.1) is 0 Å². The van der Waals surface area contributed by atoms with Gasteiger partial charge >= 0.3 is 0 Å². The summed E-state index contributed by atoms with van der Waals surface area (Å²) in [6, 6.07) is 6.90. The Morgan fingerprint density at radius 2 is 1.92 bits per heavy atom. The number of nitrogens with zero attached hydrogens (tertiary/aromatic N) is 2. The number of thiazole rings is 1. The van der Waals surface area contributed by atoms with Crippen molar-refractivity contribution >= 4 is 28.8 Å². The van der Waals surface area contributed by atoms with Gasteiger partial charge in [-0.25, -0.2) is 0 Å². The molecule has 0 radical (unpaired) electrons. The standard InChI is InChI=1S/C19H23ClN2OS/c1-12-16(19(2,3)4)24-18(22(12)11-13-5-6-13)21-17(23)14-7-9-15(20)10-8-14/h7-10,13H,5-6,11H2,1-4H3. The van der Waals surface area contributed by atoms with Crippen LogP contribution in [0, 0.1) is 12.8 Å². The number of rotatable bonds is 3. The van der Waals surface area contributed by atoms with Gasteiger partial charge in [-0.2, -0.15) is 4.99 Å². The molecule has 2 aromatic rings. The lowest BCUT2D eigenvalue weighted by atomic mass is 9.93. The van der Waals surface area contributed by atoms with Crippen molar-refractivity contribution in [1.82, 2.24) is 4.57 Å². The lowest BCUT2D eigenvalue weighted by Crippen LogP contribution is -2.19. The number of amides is 1. The van der Waals surface area contributed by atoms with E-state index < -0.39 is 0 Å². The predicted octanol–water partition coefficient (Wildman–Crippen LogP) is 4.96. The van der Waals surface area contributed by atoms with E-state index in [4.69, 9.17) is 11.6 Å². The zero-order valence-electron chi connectivity index (χ0n) is 14.6. The summed E-state index contributed by atoms with van der Waals surface area (Å²) < 4.78 is 2.23. The van der Waals surface area contributed by atoms with E-state index in [9.17, 15) is 4.79 Å². The Morgan fingerprint density at radius 3 is 2.46 bits per heavy atom. The lowest BCUT2D eigenvalue weighted by Gasteiger charge is -2.17. The molecule has 0 saturated heterocycles. The van der Waals surface area contributed by atoms with E-state index in [-0.39, 0.29) is 11.3 Å². The Morgan fingerprint density at radius 1 is 1.29 bits per heavy atom. The average Bonchev–Trinajstić information content (AvgIpc) is 3.26. The second kappa shape index (κ2) is 6.49. The molecule has 0 aliphatic heterocycles. The molecule has 1 aromatic heterocycles. The Kier molecular flexibility index (Phi) is 4.71. The molecule has 1 aliphatic rings. The van der Waals surface area contributed by atoms with Crippen molar-refractivity contribution in [3.05, 3.63) is 50.2 Å². The maximum Gasteiger partial charge on any atom is 0.279 e. The van der Waals surface area contributed by atoms with Crippen LogP contribution in [-0.4, -0.2) is 10.5 Å². The Hall–Kier alpha value is -1.39. The minimum atomic E-state index is -0.210. The fraction of sp³-hybridized carbons (Fsp3) is 0.474. The first kappa shape index (κ1) is 17.4. The maximum atomic E-state index is 12.5. The molecule has 0 N–H and O–H groups in total. The topological polar surface area (TPSA) is 34.4 Å². The van der Waals surface area contributed by atoms with Crippen LogP contribution in [0.1, 0.15) is 54.5 Å². The van der Waals surface area contributed by atoms with E-state index >= 15 is 0 Å². The third-order valence-corrected chi connectivity index (χ3v) is 6.12. The fourth-order valence-electron chi connectivity index (χ4n) is 2.78. The van der Waals surface area contributed by atoms with E-state index in [2.05, 4.69) is 37.3 Å². The fourth-order valence-corrected chi connectivity index (χ4v) is 4.11. The number of carbonyl (C=O) groups is 1. The van der Waals surface area contributed by atoms with E-state index in [0.717, 1.165) is 17.3 Å². The highest BCUT2D eigenvalue weighted by Gasteiger charge is 2.27. The molecule has 0 unspecified atom stereocenters. The van der Waals surface area contributed by atoms with Crippen molar-refractivity contribution in [2.24, 2.45) is 10.9 Å². The molecular formula is C19H23ClN2OS. The van der Waals surface area contributed by atoms with Crippen LogP contribution in [-0.2, 0) is 12.0 Å². The van der Waals surface area contributed by atoms with Crippen LogP contribution in [0.2, 0.25) is 5.02 Å². The molecule has 0 atom stereocenters. The molecule has 128 valence electrons. The van der Waals surface area contributed by atoms with Crippen LogP contribution in [0.25, 0.3) is 0 Å². The summed E-state index contributed by atoms with van der Waals surface area (Å²) >= 11 is 7.53. The largest absolute Gasteiger partial charge is 0.320 e. The molecular weight excluding hydrogens is 340 g/mol. The molecule has 3 nitrogen and oxygen atoms in total. The number of halogens is 1. The third kappa shape index (κ3) is 3.81. The van der Waals surface area contributed by atoms with Crippen LogP contribution in [0.5, 0.6) is 0 Å². The van der Waals surface area contributed by atoms with Gasteiger partial charge in [0.1, 0.15) is 0 Å². The SMILES string of the molecule is Cc1c(C(C)(C)C)sc(=NC(=O)c2ccc(Cl)cc2)n1CC1CC1. The first-order valence-corrected chi connectivity index (χ1v) is 9.50. The van der Waals surface area contributed by atoms with E-state index in [1.807, 2.05) is 0 Å². The third-order valence-electron chi connectivity index (χ3n) is 4.26. The van der Waals surface area contributed by atoms with Gasteiger partial charge in [-0.1, -0.05) is 32.4 Å². The number of aromatic nitrogens is 1. The second-order valence-corrected chi connectivity index (χ2v) is 8.94. The minimum absolute atomic E-state index is 0.0527. The minimum Gasteiger partial charge on any atom is -0.320 e. The Bertz CT molecular complexity index is 821. The Balaban J connectivity index is 2.04. The summed E-state index contributed by atoms with van der Waals surface area (Å²) in [6.07, 6.45) is 2.55. The molecule has 0 bridgehead atoms. The quantitative estimate of drug-likeness (QED) is 0.759. The van der Waals surface area contributed by atoms with E-state index in [1.165, 1.54) is 23.4 Å². The van der Waals surface area contributed by atoms with Crippen molar-refractivity contribution in [2.75, 3.05) is 0 Å². The molecule has 1 amide bonds. The highest BCUT2D eigenvalue weighted by Crippen LogP contribution is 2.33. The van der Waals surface area contributed by atoms with E-state index in [1.54, 1.807) is 35.6 Å². The van der Waals surface area contributed by atoms with Crippen LogP contribution >= 0.6 is 22.9 Å². The number of carbonyl (C=O) groups excluding carboxylic acids is 1. The van der Waals surface area contributed by atoms with Gasteiger partial charge < -0.3 is 4.57 Å². The van der Waals surface area contributed by atoms with Crippen molar-refractivity contribution < 1.29 is 4.79 Å². The molecule has 1 heterocycles. The van der Waals surface area contributed by atoms with Gasteiger partial charge in [0, 0.05) is 27.7 Å². The van der Waals surface area contributed by atoms with Gasteiger partial charge in [0.2, 0.25) is 0 Å². The molecule has 5 heteroatoms. The molecule has 24 heavy (non-hydrogen) atoms. The zero-order chi connectivity index (χ0) is 17.5. The average molecular weight is 363 g/mol. The van der Waals surface area contributed by atoms with Crippen LogP contribution < -0.4 is 4.80 Å². The van der Waals surface area contributed by atoms with Crippen LogP contribution in [0.4, 0.5) is 0 Å². The normalized spacial score (nSPS) is 15.8. The molecule has 0 spiro atoms. The summed E-state index contributed by atoms with van der Waals surface area (Å²) in [5, 5.41) is 0.623.